The molecule has 26 heavy (non-hydrogen) atoms. The Labute approximate surface area is 154 Å². The highest BCUT2D eigenvalue weighted by Gasteiger charge is 2.36. The molecule has 3 nitrogen and oxygen atoms in total. The van der Waals surface area contributed by atoms with Crippen LogP contribution in [0.4, 0.5) is 0 Å². The lowest BCUT2D eigenvalue weighted by Crippen LogP contribution is -2.35. The Balaban J connectivity index is 2.06. The lowest BCUT2D eigenvalue weighted by atomic mass is 9.70. The van der Waals surface area contributed by atoms with E-state index in [9.17, 15) is 0 Å². The van der Waals surface area contributed by atoms with Gasteiger partial charge in [0, 0.05) is 0 Å². The SMILES string of the molecule is OCOCCOCC(c1ccccc1)(c1ccccc1)c1ccccc1. The lowest BCUT2D eigenvalue weighted by Gasteiger charge is -2.35. The minimum absolute atomic E-state index is 0.287. The molecule has 3 heteroatoms. The van der Waals surface area contributed by atoms with Crippen molar-refractivity contribution in [3.05, 3.63) is 108 Å². The second-order valence-corrected chi connectivity index (χ2v) is 6.09. The summed E-state index contributed by atoms with van der Waals surface area (Å²) in [5, 5.41) is 8.78. The van der Waals surface area contributed by atoms with Crippen LogP contribution in [0, 0.1) is 0 Å². The molecule has 0 aromatic heterocycles. The van der Waals surface area contributed by atoms with Crippen molar-refractivity contribution in [1.82, 2.24) is 0 Å². The summed E-state index contributed by atoms with van der Waals surface area (Å²) < 4.78 is 11.0. The largest absolute Gasteiger partial charge is 0.377 e. The van der Waals surface area contributed by atoms with Crippen LogP contribution in [-0.2, 0) is 14.9 Å². The molecule has 3 aromatic rings. The van der Waals surface area contributed by atoms with Crippen molar-refractivity contribution in [2.24, 2.45) is 0 Å². The molecule has 3 rings (SSSR count). The first-order chi connectivity index (χ1) is 12.9. The van der Waals surface area contributed by atoms with Gasteiger partial charge in [0.25, 0.3) is 0 Å². The Morgan fingerprint density at radius 2 is 0.962 bits per heavy atom. The molecule has 0 spiro atoms. The number of benzene rings is 3. The molecule has 134 valence electrons. The van der Waals surface area contributed by atoms with Gasteiger partial charge in [0.1, 0.15) is 6.79 Å². The molecule has 0 aliphatic heterocycles. The van der Waals surface area contributed by atoms with Crippen molar-refractivity contribution in [3.8, 4) is 0 Å². The maximum absolute atomic E-state index is 8.78. The van der Waals surface area contributed by atoms with Crippen molar-refractivity contribution in [3.63, 3.8) is 0 Å². The van der Waals surface area contributed by atoms with Crippen LogP contribution in [0.2, 0.25) is 0 Å². The van der Waals surface area contributed by atoms with Crippen LogP contribution in [-0.4, -0.2) is 31.7 Å². The van der Waals surface area contributed by atoms with Gasteiger partial charge in [-0.25, -0.2) is 0 Å². The Kier molecular flexibility index (Phi) is 6.56. The highest BCUT2D eigenvalue weighted by atomic mass is 16.6. The summed E-state index contributed by atoms with van der Waals surface area (Å²) in [6.07, 6.45) is 0. The zero-order chi connectivity index (χ0) is 18.1. The summed E-state index contributed by atoms with van der Waals surface area (Å²) in [6.45, 7) is 0.990. The van der Waals surface area contributed by atoms with Crippen LogP contribution < -0.4 is 0 Å². The monoisotopic (exact) mass is 348 g/mol. The van der Waals surface area contributed by atoms with E-state index in [4.69, 9.17) is 14.6 Å². The molecule has 0 radical (unpaired) electrons. The van der Waals surface area contributed by atoms with Gasteiger partial charge in [-0.2, -0.15) is 0 Å². The fraction of sp³-hybridized carbons (Fsp3) is 0.217. The average molecular weight is 348 g/mol. The van der Waals surface area contributed by atoms with E-state index < -0.39 is 5.41 Å². The number of ether oxygens (including phenoxy) is 2. The van der Waals surface area contributed by atoms with Gasteiger partial charge in [-0.3, -0.25) is 0 Å². The number of rotatable bonds is 9. The first-order valence-electron chi connectivity index (χ1n) is 8.81. The van der Waals surface area contributed by atoms with Crippen molar-refractivity contribution in [2.75, 3.05) is 26.6 Å². The molecular formula is C23H24O3. The molecule has 0 amide bonds. The predicted octanol–water partition coefficient (Wildman–Crippen LogP) is 4.00. The van der Waals surface area contributed by atoms with Gasteiger partial charge >= 0.3 is 0 Å². The van der Waals surface area contributed by atoms with Crippen LogP contribution in [0.5, 0.6) is 0 Å². The number of hydrogen-bond acceptors (Lipinski definition) is 3. The van der Waals surface area contributed by atoms with Crippen LogP contribution in [0.1, 0.15) is 16.7 Å². The quantitative estimate of drug-likeness (QED) is 0.361. The highest BCUT2D eigenvalue weighted by molar-refractivity contribution is 5.50. The van der Waals surface area contributed by atoms with E-state index in [1.54, 1.807) is 0 Å². The Hall–Kier alpha value is -2.46. The van der Waals surface area contributed by atoms with E-state index in [0.29, 0.717) is 19.8 Å². The summed E-state index contributed by atoms with van der Waals surface area (Å²) in [5.74, 6) is 0. The van der Waals surface area contributed by atoms with E-state index in [0.717, 1.165) is 0 Å². The number of aliphatic hydroxyl groups excluding tert-OH is 1. The summed E-state index contributed by atoms with van der Waals surface area (Å²) in [7, 11) is 0. The number of hydrogen-bond donors (Lipinski definition) is 1. The van der Waals surface area contributed by atoms with E-state index in [-0.39, 0.29) is 6.79 Å². The maximum Gasteiger partial charge on any atom is 0.143 e. The standard InChI is InChI=1S/C23H24O3/c24-19-26-17-16-25-18-23(20-10-4-1-5-11-20,21-12-6-2-7-13-21)22-14-8-3-9-15-22/h1-15,24H,16-19H2. The zero-order valence-corrected chi connectivity index (χ0v) is 14.8. The molecule has 0 atom stereocenters. The van der Waals surface area contributed by atoms with Crippen molar-refractivity contribution in [1.29, 1.82) is 0 Å². The highest BCUT2D eigenvalue weighted by Crippen LogP contribution is 2.39. The van der Waals surface area contributed by atoms with E-state index in [2.05, 4.69) is 72.8 Å². The van der Waals surface area contributed by atoms with Gasteiger partial charge in [-0.15, -0.1) is 0 Å². The third-order valence-electron chi connectivity index (χ3n) is 4.58. The van der Waals surface area contributed by atoms with Crippen LogP contribution in [0.25, 0.3) is 0 Å². The summed E-state index contributed by atoms with van der Waals surface area (Å²) in [6, 6.07) is 31.3. The summed E-state index contributed by atoms with van der Waals surface area (Å²) in [5.41, 5.74) is 3.13. The second kappa shape index (κ2) is 9.30. The molecule has 0 fully saturated rings. The summed E-state index contributed by atoms with van der Waals surface area (Å²) >= 11 is 0. The van der Waals surface area contributed by atoms with Gasteiger partial charge < -0.3 is 14.6 Å². The van der Waals surface area contributed by atoms with Crippen LogP contribution in [0.3, 0.4) is 0 Å². The third-order valence-corrected chi connectivity index (χ3v) is 4.58. The van der Waals surface area contributed by atoms with E-state index >= 15 is 0 Å². The average Bonchev–Trinajstić information content (AvgIpc) is 2.73. The van der Waals surface area contributed by atoms with Crippen molar-refractivity contribution < 1.29 is 14.6 Å². The van der Waals surface area contributed by atoms with Gasteiger partial charge in [0.05, 0.1) is 25.2 Å². The lowest BCUT2D eigenvalue weighted by molar-refractivity contribution is -0.0324. The normalized spacial score (nSPS) is 11.4. The Morgan fingerprint density at radius 3 is 1.35 bits per heavy atom. The predicted molar refractivity (Wildman–Crippen MR) is 103 cm³/mol. The summed E-state index contributed by atoms with van der Waals surface area (Å²) in [4.78, 5) is 0. The fourth-order valence-electron chi connectivity index (χ4n) is 3.33. The topological polar surface area (TPSA) is 38.7 Å². The first kappa shape index (κ1) is 18.3. The Morgan fingerprint density at radius 1 is 0.577 bits per heavy atom. The molecule has 0 aliphatic rings. The van der Waals surface area contributed by atoms with Gasteiger partial charge in [0.15, 0.2) is 0 Å². The maximum atomic E-state index is 8.78. The van der Waals surface area contributed by atoms with E-state index in [1.807, 2.05) is 18.2 Å². The first-order valence-corrected chi connectivity index (χ1v) is 8.81. The number of aliphatic hydroxyl groups is 1. The molecule has 0 heterocycles. The molecule has 0 saturated heterocycles. The Bertz CT molecular complexity index is 661. The molecular weight excluding hydrogens is 324 g/mol. The van der Waals surface area contributed by atoms with Gasteiger partial charge in [-0.1, -0.05) is 91.0 Å². The fourth-order valence-corrected chi connectivity index (χ4v) is 3.33. The van der Waals surface area contributed by atoms with Crippen molar-refractivity contribution >= 4 is 0 Å². The zero-order valence-electron chi connectivity index (χ0n) is 14.8. The minimum atomic E-state index is -0.414. The molecule has 0 aliphatic carbocycles. The molecule has 0 saturated carbocycles. The van der Waals surface area contributed by atoms with Crippen LogP contribution >= 0.6 is 0 Å². The van der Waals surface area contributed by atoms with Crippen molar-refractivity contribution in [2.45, 2.75) is 5.41 Å². The van der Waals surface area contributed by atoms with Crippen LogP contribution in [0.15, 0.2) is 91.0 Å². The molecule has 3 aromatic carbocycles. The van der Waals surface area contributed by atoms with Gasteiger partial charge in [-0.05, 0) is 16.7 Å². The third kappa shape index (κ3) is 4.02. The van der Waals surface area contributed by atoms with E-state index in [1.165, 1.54) is 16.7 Å². The second-order valence-electron chi connectivity index (χ2n) is 6.09. The smallest absolute Gasteiger partial charge is 0.143 e. The molecule has 1 N–H and O–H groups in total. The van der Waals surface area contributed by atoms with Gasteiger partial charge in [0.2, 0.25) is 0 Å². The molecule has 0 bridgehead atoms. The minimum Gasteiger partial charge on any atom is -0.377 e. The molecule has 0 unspecified atom stereocenters.